The fourth-order valence-electron chi connectivity index (χ4n) is 2.28. The molecule has 0 saturated carbocycles. The molecule has 2 rings (SSSR count). The summed E-state index contributed by atoms with van der Waals surface area (Å²) in [5, 5.41) is -0.110. The molecule has 8 heteroatoms. The predicted molar refractivity (Wildman–Crippen MR) is 102 cm³/mol. The lowest BCUT2D eigenvalue weighted by Crippen LogP contribution is -2.14. The van der Waals surface area contributed by atoms with Crippen LogP contribution in [0.1, 0.15) is 31.9 Å². The lowest BCUT2D eigenvalue weighted by molar-refractivity contribution is 0.483. The van der Waals surface area contributed by atoms with E-state index in [0.29, 0.717) is 5.56 Å². The molecule has 0 N–H and O–H groups in total. The number of hydrogen-bond acceptors (Lipinski definition) is 5. The lowest BCUT2D eigenvalue weighted by Gasteiger charge is -2.20. The molecule has 2 aromatic carbocycles. The highest BCUT2D eigenvalue weighted by atomic mass is 35.5. The highest BCUT2D eigenvalue weighted by Gasteiger charge is 2.24. The van der Waals surface area contributed by atoms with Crippen LogP contribution >= 0.6 is 11.6 Å². The van der Waals surface area contributed by atoms with Crippen LogP contribution in [-0.2, 0) is 25.4 Å². The average Bonchev–Trinajstić information content (AvgIpc) is 2.47. The molecule has 0 aliphatic carbocycles. The monoisotopic (exact) mass is 416 g/mol. The Kier molecular flexibility index (Phi) is 5.48. The van der Waals surface area contributed by atoms with Gasteiger partial charge in [-0.05, 0) is 47.7 Å². The molecule has 2 aromatic rings. The minimum absolute atomic E-state index is 0.0880. The van der Waals surface area contributed by atoms with Crippen LogP contribution in [0, 0.1) is 6.92 Å². The van der Waals surface area contributed by atoms with Gasteiger partial charge in [-0.3, -0.25) is 0 Å². The summed E-state index contributed by atoms with van der Waals surface area (Å²) in [5.74, 6) is 0.166. The first-order valence-electron chi connectivity index (χ1n) is 7.77. The van der Waals surface area contributed by atoms with Gasteiger partial charge < -0.3 is 4.18 Å². The van der Waals surface area contributed by atoms with Crippen LogP contribution in [0.15, 0.2) is 46.2 Å². The molecule has 0 bridgehead atoms. The third-order valence-electron chi connectivity index (χ3n) is 3.84. The number of halogens is 1. The molecule has 0 aliphatic heterocycles. The van der Waals surface area contributed by atoms with E-state index in [1.807, 2.05) is 6.07 Å². The first-order chi connectivity index (χ1) is 11.7. The van der Waals surface area contributed by atoms with Gasteiger partial charge in [0.25, 0.3) is 0 Å². The molecule has 0 aliphatic rings. The maximum Gasteiger partial charge on any atom is 0.340 e. The van der Waals surface area contributed by atoms with Gasteiger partial charge in [0.2, 0.25) is 0 Å². The van der Waals surface area contributed by atoms with E-state index in [2.05, 4.69) is 20.8 Å². The molecule has 0 atom stereocenters. The standard InChI is InChI=1S/C18H21ClO5S2/c1-12-10-13(18(2,3)4)6-9-16(12)24-26(22,23)17-11-14(25(5,20)21)7-8-15(17)19/h6-11H,1-5H3. The molecule has 0 unspecified atom stereocenters. The van der Waals surface area contributed by atoms with Crippen molar-refractivity contribution in [1.29, 1.82) is 0 Å². The van der Waals surface area contributed by atoms with E-state index in [-0.39, 0.29) is 26.0 Å². The summed E-state index contributed by atoms with van der Waals surface area (Å²) < 4.78 is 53.9. The quantitative estimate of drug-likeness (QED) is 0.700. The van der Waals surface area contributed by atoms with E-state index < -0.39 is 20.0 Å². The lowest BCUT2D eigenvalue weighted by atomic mass is 9.86. The molecular weight excluding hydrogens is 396 g/mol. The van der Waals surface area contributed by atoms with E-state index in [4.69, 9.17) is 15.8 Å². The third-order valence-corrected chi connectivity index (χ3v) is 6.67. The second-order valence-electron chi connectivity index (χ2n) is 7.13. The number of hydrogen-bond donors (Lipinski definition) is 0. The Hall–Kier alpha value is -1.57. The van der Waals surface area contributed by atoms with E-state index in [0.717, 1.165) is 17.9 Å². The van der Waals surface area contributed by atoms with Crippen molar-refractivity contribution in [3.63, 3.8) is 0 Å². The van der Waals surface area contributed by atoms with Crippen molar-refractivity contribution in [3.05, 3.63) is 52.5 Å². The number of aryl methyl sites for hydroxylation is 1. The maximum absolute atomic E-state index is 12.6. The normalized spacial score (nSPS) is 12.8. The average molecular weight is 417 g/mol. The molecule has 26 heavy (non-hydrogen) atoms. The van der Waals surface area contributed by atoms with Crippen LogP contribution < -0.4 is 4.18 Å². The Balaban J connectivity index is 2.47. The number of benzene rings is 2. The highest BCUT2D eigenvalue weighted by molar-refractivity contribution is 7.90. The highest BCUT2D eigenvalue weighted by Crippen LogP contribution is 2.31. The largest absolute Gasteiger partial charge is 0.379 e. The molecule has 0 aromatic heterocycles. The van der Waals surface area contributed by atoms with Crippen LogP contribution in [0.5, 0.6) is 5.75 Å². The molecule has 0 radical (unpaired) electrons. The second-order valence-corrected chi connectivity index (χ2v) is 11.1. The number of sulfone groups is 1. The summed E-state index contributed by atoms with van der Waals surface area (Å²) in [5.41, 5.74) is 1.60. The van der Waals surface area contributed by atoms with Gasteiger partial charge in [0.1, 0.15) is 10.6 Å². The summed E-state index contributed by atoms with van der Waals surface area (Å²) in [6, 6.07) is 8.73. The minimum Gasteiger partial charge on any atom is -0.379 e. The van der Waals surface area contributed by atoms with Crippen molar-refractivity contribution in [2.75, 3.05) is 6.26 Å². The molecular formula is C18H21ClO5S2. The van der Waals surface area contributed by atoms with Crippen LogP contribution in [-0.4, -0.2) is 23.1 Å². The van der Waals surface area contributed by atoms with Gasteiger partial charge in [-0.1, -0.05) is 44.5 Å². The Morgan fingerprint density at radius 3 is 2.08 bits per heavy atom. The molecule has 0 amide bonds. The van der Waals surface area contributed by atoms with Gasteiger partial charge in [-0.2, -0.15) is 8.42 Å². The summed E-state index contributed by atoms with van der Waals surface area (Å²) in [4.78, 5) is -0.537. The predicted octanol–water partition coefficient (Wildman–Crippen LogP) is 4.12. The molecule has 0 saturated heterocycles. The van der Waals surface area contributed by atoms with Crippen LogP contribution in [0.25, 0.3) is 0 Å². The van der Waals surface area contributed by atoms with Crippen molar-refractivity contribution < 1.29 is 21.0 Å². The summed E-state index contributed by atoms with van der Waals surface area (Å²) in [7, 11) is -7.88. The zero-order chi connectivity index (χ0) is 19.9. The molecule has 142 valence electrons. The van der Waals surface area contributed by atoms with Crippen molar-refractivity contribution >= 4 is 31.6 Å². The van der Waals surface area contributed by atoms with Crippen molar-refractivity contribution in [2.24, 2.45) is 0 Å². The zero-order valence-electron chi connectivity index (χ0n) is 15.2. The van der Waals surface area contributed by atoms with Crippen LogP contribution in [0.3, 0.4) is 0 Å². The Labute approximate surface area is 160 Å². The van der Waals surface area contributed by atoms with Gasteiger partial charge in [0.15, 0.2) is 9.84 Å². The van der Waals surface area contributed by atoms with Gasteiger partial charge in [0, 0.05) is 6.26 Å². The first-order valence-corrected chi connectivity index (χ1v) is 11.4. The number of rotatable bonds is 4. The van der Waals surface area contributed by atoms with Crippen LogP contribution in [0.4, 0.5) is 0 Å². The molecule has 0 heterocycles. The fourth-order valence-corrected chi connectivity index (χ4v) is 4.49. The van der Waals surface area contributed by atoms with E-state index in [9.17, 15) is 16.8 Å². The second kappa shape index (κ2) is 6.87. The Morgan fingerprint density at radius 1 is 0.962 bits per heavy atom. The third kappa shape index (κ3) is 4.58. The van der Waals surface area contributed by atoms with Crippen molar-refractivity contribution in [3.8, 4) is 5.75 Å². The van der Waals surface area contributed by atoms with E-state index in [1.54, 1.807) is 19.1 Å². The van der Waals surface area contributed by atoms with Gasteiger partial charge in [0.05, 0.1) is 9.92 Å². The molecule has 0 fully saturated rings. The fraction of sp³-hybridized carbons (Fsp3) is 0.333. The summed E-state index contributed by atoms with van der Waals surface area (Å²) in [6.07, 6.45) is 0.989. The van der Waals surface area contributed by atoms with Gasteiger partial charge >= 0.3 is 10.1 Å². The summed E-state index contributed by atoms with van der Waals surface area (Å²) >= 11 is 5.97. The van der Waals surface area contributed by atoms with Gasteiger partial charge in [-0.25, -0.2) is 8.42 Å². The minimum atomic E-state index is -4.29. The molecule has 5 nitrogen and oxygen atoms in total. The Morgan fingerprint density at radius 2 is 1.58 bits per heavy atom. The smallest absolute Gasteiger partial charge is 0.340 e. The SMILES string of the molecule is Cc1cc(C(C)(C)C)ccc1OS(=O)(=O)c1cc(S(C)(=O)=O)ccc1Cl. The summed E-state index contributed by atoms with van der Waals surface area (Å²) in [6.45, 7) is 7.90. The maximum atomic E-state index is 12.6. The van der Waals surface area contributed by atoms with Crippen molar-refractivity contribution in [1.82, 2.24) is 0 Å². The van der Waals surface area contributed by atoms with Crippen LogP contribution in [0.2, 0.25) is 5.02 Å². The zero-order valence-corrected chi connectivity index (χ0v) is 17.6. The Bertz CT molecular complexity index is 1050. The van der Waals surface area contributed by atoms with E-state index in [1.165, 1.54) is 12.1 Å². The van der Waals surface area contributed by atoms with Gasteiger partial charge in [-0.15, -0.1) is 0 Å². The van der Waals surface area contributed by atoms with E-state index >= 15 is 0 Å². The first kappa shape index (κ1) is 20.7. The molecule has 0 spiro atoms. The topological polar surface area (TPSA) is 77.5 Å². The van der Waals surface area contributed by atoms with Crippen molar-refractivity contribution in [2.45, 2.75) is 42.9 Å².